The Labute approximate surface area is 147 Å². The van der Waals surface area contributed by atoms with Crippen LogP contribution in [-0.2, 0) is 0 Å². The van der Waals surface area contributed by atoms with Gasteiger partial charge in [-0.3, -0.25) is 4.79 Å². The molecule has 0 radical (unpaired) electrons. The van der Waals surface area contributed by atoms with Crippen molar-refractivity contribution in [3.63, 3.8) is 0 Å². The number of aromatic nitrogens is 1. The minimum atomic E-state index is -0.337. The van der Waals surface area contributed by atoms with Gasteiger partial charge < -0.3 is 10.1 Å². The summed E-state index contributed by atoms with van der Waals surface area (Å²) < 4.78 is 0.940. The summed E-state index contributed by atoms with van der Waals surface area (Å²) in [4.78, 5) is 19.6. The zero-order chi connectivity index (χ0) is 16.8. The van der Waals surface area contributed by atoms with Crippen LogP contribution in [0.25, 0.3) is 11.3 Å². The van der Waals surface area contributed by atoms with E-state index >= 15 is 0 Å². The van der Waals surface area contributed by atoms with Crippen LogP contribution in [0.4, 0.5) is 0 Å². The average molecular weight is 381 g/mol. The first kappa shape index (κ1) is 14.9. The first-order valence-corrected chi connectivity index (χ1v) is 8.25. The molecule has 2 N–H and O–H groups in total. The summed E-state index contributed by atoms with van der Waals surface area (Å²) in [7, 11) is 0. The molecule has 0 unspecified atom stereocenters. The van der Waals surface area contributed by atoms with Crippen LogP contribution in [0.5, 0.6) is 5.88 Å². The molecule has 118 valence electrons. The molecule has 0 atom stereocenters. The van der Waals surface area contributed by atoms with Crippen molar-refractivity contribution in [2.45, 2.75) is 6.92 Å². The topological polar surface area (TPSA) is 65.4 Å². The van der Waals surface area contributed by atoms with Crippen LogP contribution in [0.15, 0.2) is 58.0 Å². The number of aryl methyl sites for hydroxylation is 1. The van der Waals surface area contributed by atoms with E-state index in [1.165, 1.54) is 0 Å². The number of H-pyrrole nitrogens is 1. The van der Waals surface area contributed by atoms with E-state index in [9.17, 15) is 9.90 Å². The third-order valence-corrected chi connectivity index (χ3v) is 4.60. The molecular formula is C19H13BrN2O2. The Morgan fingerprint density at radius 2 is 1.79 bits per heavy atom. The largest absolute Gasteiger partial charge is 0.494 e. The predicted octanol–water partition coefficient (Wildman–Crippen LogP) is 4.45. The van der Waals surface area contributed by atoms with Gasteiger partial charge in [-0.05, 0) is 30.7 Å². The molecule has 24 heavy (non-hydrogen) atoms. The number of fused-ring (bicyclic) bond motifs is 1. The van der Waals surface area contributed by atoms with Gasteiger partial charge in [0, 0.05) is 10.0 Å². The van der Waals surface area contributed by atoms with Gasteiger partial charge in [-0.1, -0.05) is 51.8 Å². The lowest BCUT2D eigenvalue weighted by atomic mass is 10.00. The Morgan fingerprint density at radius 1 is 1.04 bits per heavy atom. The average Bonchev–Trinajstić information content (AvgIpc) is 3.08. The van der Waals surface area contributed by atoms with Crippen LogP contribution in [0.2, 0.25) is 0 Å². The van der Waals surface area contributed by atoms with E-state index < -0.39 is 0 Å². The third kappa shape index (κ3) is 2.29. The Hall–Kier alpha value is -2.66. The molecule has 2 aromatic carbocycles. The number of amides is 1. The van der Waals surface area contributed by atoms with Crippen molar-refractivity contribution in [2.75, 3.05) is 0 Å². The smallest absolute Gasteiger partial charge is 0.280 e. The SMILES string of the molecule is Cc1cccc(-c2[nH]c(O)c3c2C(=O)N=C3c2ccc(Br)cc2)c1. The molecule has 0 fully saturated rings. The molecule has 0 bridgehead atoms. The van der Waals surface area contributed by atoms with Crippen LogP contribution >= 0.6 is 15.9 Å². The number of nitrogens with one attached hydrogen (secondary N) is 1. The number of carbonyl (C=O) groups is 1. The number of halogens is 1. The second-order valence-electron chi connectivity index (χ2n) is 5.74. The number of aromatic amines is 1. The number of aliphatic imine (C=N–C) groups is 1. The normalized spacial score (nSPS) is 13.1. The molecule has 3 aromatic rings. The van der Waals surface area contributed by atoms with Crippen molar-refractivity contribution in [3.05, 3.63) is 75.3 Å². The molecule has 4 nitrogen and oxygen atoms in total. The molecular weight excluding hydrogens is 368 g/mol. The first-order chi connectivity index (χ1) is 11.5. The number of nitrogens with zero attached hydrogens (tertiary/aromatic N) is 1. The standard InChI is InChI=1S/C19H13BrN2O2/c1-10-3-2-4-12(9-10)17-15-14(18(23)22-17)16(21-19(15)24)11-5-7-13(20)8-6-11/h2-9,22-23H,1H3. The second-order valence-corrected chi connectivity index (χ2v) is 6.66. The fourth-order valence-electron chi connectivity index (χ4n) is 2.98. The summed E-state index contributed by atoms with van der Waals surface area (Å²) in [5, 5.41) is 10.4. The summed E-state index contributed by atoms with van der Waals surface area (Å²) in [6.45, 7) is 1.98. The monoisotopic (exact) mass is 380 g/mol. The molecule has 1 aliphatic heterocycles. The predicted molar refractivity (Wildman–Crippen MR) is 96.7 cm³/mol. The molecule has 0 saturated carbocycles. The maximum atomic E-state index is 12.5. The minimum Gasteiger partial charge on any atom is -0.494 e. The maximum Gasteiger partial charge on any atom is 0.280 e. The Morgan fingerprint density at radius 3 is 2.50 bits per heavy atom. The molecule has 0 saturated heterocycles. The summed E-state index contributed by atoms with van der Waals surface area (Å²) in [5.74, 6) is -0.370. The van der Waals surface area contributed by atoms with Crippen LogP contribution in [0.1, 0.15) is 27.0 Å². The van der Waals surface area contributed by atoms with Gasteiger partial charge in [-0.2, -0.15) is 0 Å². The number of rotatable bonds is 2. The number of benzene rings is 2. The minimum absolute atomic E-state index is 0.0333. The fraction of sp³-hybridized carbons (Fsp3) is 0.0526. The number of carbonyl (C=O) groups excluding carboxylic acids is 1. The number of aromatic hydroxyl groups is 1. The highest BCUT2D eigenvalue weighted by Crippen LogP contribution is 2.38. The van der Waals surface area contributed by atoms with E-state index in [0.29, 0.717) is 22.5 Å². The van der Waals surface area contributed by atoms with E-state index in [-0.39, 0.29) is 11.8 Å². The molecule has 1 aromatic heterocycles. The van der Waals surface area contributed by atoms with Crippen molar-refractivity contribution >= 4 is 27.5 Å². The molecule has 1 amide bonds. The molecule has 0 aliphatic carbocycles. The quantitative estimate of drug-likeness (QED) is 0.689. The lowest BCUT2D eigenvalue weighted by Crippen LogP contribution is -1.99. The summed E-state index contributed by atoms with van der Waals surface area (Å²) >= 11 is 3.39. The Balaban J connectivity index is 1.89. The van der Waals surface area contributed by atoms with Crippen molar-refractivity contribution in [1.82, 2.24) is 4.98 Å². The van der Waals surface area contributed by atoms with Gasteiger partial charge in [0.2, 0.25) is 0 Å². The van der Waals surface area contributed by atoms with Crippen LogP contribution in [0.3, 0.4) is 0 Å². The van der Waals surface area contributed by atoms with Crippen molar-refractivity contribution in [1.29, 1.82) is 0 Å². The lowest BCUT2D eigenvalue weighted by molar-refractivity contribution is 0.101. The van der Waals surface area contributed by atoms with Crippen molar-refractivity contribution in [3.8, 4) is 17.1 Å². The van der Waals surface area contributed by atoms with E-state index in [2.05, 4.69) is 25.9 Å². The van der Waals surface area contributed by atoms with E-state index in [1.54, 1.807) is 0 Å². The molecule has 5 heteroatoms. The summed E-state index contributed by atoms with van der Waals surface area (Å²) in [6.07, 6.45) is 0. The van der Waals surface area contributed by atoms with Gasteiger partial charge in [0.05, 0.1) is 22.5 Å². The Kier molecular flexibility index (Phi) is 3.39. The van der Waals surface area contributed by atoms with Crippen molar-refractivity contribution in [2.24, 2.45) is 4.99 Å². The highest BCUT2D eigenvalue weighted by atomic mass is 79.9. The van der Waals surface area contributed by atoms with Crippen LogP contribution < -0.4 is 0 Å². The van der Waals surface area contributed by atoms with Gasteiger partial charge in [0.15, 0.2) is 5.88 Å². The molecule has 2 heterocycles. The van der Waals surface area contributed by atoms with Gasteiger partial charge in [-0.25, -0.2) is 4.99 Å². The fourth-order valence-corrected chi connectivity index (χ4v) is 3.24. The first-order valence-electron chi connectivity index (χ1n) is 7.46. The number of hydrogen-bond acceptors (Lipinski definition) is 2. The maximum absolute atomic E-state index is 12.5. The van der Waals surface area contributed by atoms with Gasteiger partial charge in [-0.15, -0.1) is 0 Å². The van der Waals surface area contributed by atoms with Crippen molar-refractivity contribution < 1.29 is 9.90 Å². The van der Waals surface area contributed by atoms with E-state index in [4.69, 9.17) is 0 Å². The van der Waals surface area contributed by atoms with Gasteiger partial charge >= 0.3 is 0 Å². The zero-order valence-electron chi connectivity index (χ0n) is 12.8. The lowest BCUT2D eigenvalue weighted by Gasteiger charge is -2.01. The highest BCUT2D eigenvalue weighted by molar-refractivity contribution is 9.10. The Bertz CT molecular complexity index is 1000. The highest BCUT2D eigenvalue weighted by Gasteiger charge is 2.33. The van der Waals surface area contributed by atoms with Gasteiger partial charge in [0.1, 0.15) is 0 Å². The summed E-state index contributed by atoms with van der Waals surface area (Å²) in [5.41, 5.74) is 4.72. The van der Waals surface area contributed by atoms with Crippen LogP contribution in [0, 0.1) is 6.92 Å². The molecule has 1 aliphatic rings. The van der Waals surface area contributed by atoms with E-state index in [0.717, 1.165) is 21.2 Å². The zero-order valence-corrected chi connectivity index (χ0v) is 14.4. The molecule has 4 rings (SSSR count). The molecule has 0 spiro atoms. The van der Waals surface area contributed by atoms with Gasteiger partial charge in [0.25, 0.3) is 5.91 Å². The summed E-state index contributed by atoms with van der Waals surface area (Å²) in [6, 6.07) is 15.3. The van der Waals surface area contributed by atoms with E-state index in [1.807, 2.05) is 55.5 Å². The second kappa shape index (κ2) is 5.46. The third-order valence-electron chi connectivity index (χ3n) is 4.07. The van der Waals surface area contributed by atoms with Crippen LogP contribution in [-0.4, -0.2) is 21.7 Å². The number of hydrogen-bond donors (Lipinski definition) is 2.